The Morgan fingerprint density at radius 2 is 1.75 bits per heavy atom. The lowest BCUT2D eigenvalue weighted by Gasteiger charge is -2.09. The summed E-state index contributed by atoms with van der Waals surface area (Å²) >= 11 is 6.15. The van der Waals surface area contributed by atoms with Gasteiger partial charge in [0.1, 0.15) is 0 Å². The molecule has 0 aliphatic carbocycles. The minimum atomic E-state index is -1.02. The summed E-state index contributed by atoms with van der Waals surface area (Å²) in [4.78, 5) is 15.9. The van der Waals surface area contributed by atoms with Crippen molar-refractivity contribution >= 4 is 28.5 Å². The van der Waals surface area contributed by atoms with Crippen molar-refractivity contribution in [1.82, 2.24) is 4.98 Å². The Morgan fingerprint density at radius 3 is 2.50 bits per heavy atom. The number of nitrogens with zero attached hydrogens (tertiary/aromatic N) is 1. The van der Waals surface area contributed by atoms with Crippen LogP contribution >= 0.6 is 11.6 Å². The van der Waals surface area contributed by atoms with Crippen LogP contribution in [0.4, 0.5) is 0 Å². The highest BCUT2D eigenvalue weighted by Crippen LogP contribution is 2.30. The van der Waals surface area contributed by atoms with Gasteiger partial charge in [-0.15, -0.1) is 0 Å². The fraction of sp³-hybridized carbons (Fsp3) is 0. The minimum absolute atomic E-state index is 0.150. The van der Waals surface area contributed by atoms with Gasteiger partial charge >= 0.3 is 5.97 Å². The largest absolute Gasteiger partial charge is 0.478 e. The normalized spacial score (nSPS) is 10.7. The van der Waals surface area contributed by atoms with E-state index in [9.17, 15) is 9.90 Å². The van der Waals surface area contributed by atoms with Crippen LogP contribution in [0.3, 0.4) is 0 Å². The molecule has 20 heavy (non-hydrogen) atoms. The van der Waals surface area contributed by atoms with Gasteiger partial charge in [-0.25, -0.2) is 9.78 Å². The Bertz CT molecular complexity index is 814. The van der Waals surface area contributed by atoms with Crippen LogP contribution in [0.25, 0.3) is 22.2 Å². The fourth-order valence-corrected chi connectivity index (χ4v) is 2.36. The maximum atomic E-state index is 11.5. The molecule has 0 unspecified atom stereocenters. The van der Waals surface area contributed by atoms with Gasteiger partial charge in [0.05, 0.1) is 16.8 Å². The van der Waals surface area contributed by atoms with Crippen molar-refractivity contribution in [2.75, 3.05) is 0 Å². The Morgan fingerprint density at radius 1 is 1.05 bits per heavy atom. The molecule has 0 atom stereocenters. The van der Waals surface area contributed by atoms with Crippen molar-refractivity contribution in [2.45, 2.75) is 0 Å². The van der Waals surface area contributed by atoms with Gasteiger partial charge in [0.2, 0.25) is 0 Å². The number of rotatable bonds is 2. The van der Waals surface area contributed by atoms with Crippen LogP contribution in [-0.4, -0.2) is 16.1 Å². The number of halogens is 1. The lowest BCUT2D eigenvalue weighted by atomic mass is 10.0. The number of para-hydroxylation sites is 1. The maximum Gasteiger partial charge on any atom is 0.337 e. The van der Waals surface area contributed by atoms with E-state index in [1.165, 1.54) is 0 Å². The van der Waals surface area contributed by atoms with Crippen LogP contribution < -0.4 is 0 Å². The molecule has 0 aliphatic heterocycles. The molecule has 0 saturated carbocycles. The summed E-state index contributed by atoms with van der Waals surface area (Å²) in [6.07, 6.45) is 0. The van der Waals surface area contributed by atoms with E-state index in [0.717, 1.165) is 10.9 Å². The maximum absolute atomic E-state index is 11.5. The summed E-state index contributed by atoms with van der Waals surface area (Å²) in [5, 5.41) is 10.7. The fourth-order valence-electron chi connectivity index (χ4n) is 2.14. The third-order valence-corrected chi connectivity index (χ3v) is 3.41. The predicted molar refractivity (Wildman–Crippen MR) is 79.1 cm³/mol. The molecule has 0 spiro atoms. The highest BCUT2D eigenvalue weighted by molar-refractivity contribution is 6.33. The molecule has 3 aromatic rings. The zero-order valence-corrected chi connectivity index (χ0v) is 11.1. The van der Waals surface area contributed by atoms with E-state index < -0.39 is 5.97 Å². The van der Waals surface area contributed by atoms with Gasteiger partial charge in [-0.1, -0.05) is 48.0 Å². The van der Waals surface area contributed by atoms with E-state index in [2.05, 4.69) is 4.98 Å². The van der Waals surface area contributed by atoms with E-state index in [0.29, 0.717) is 16.3 Å². The third-order valence-electron chi connectivity index (χ3n) is 3.08. The van der Waals surface area contributed by atoms with Crippen LogP contribution in [0.15, 0.2) is 54.6 Å². The van der Waals surface area contributed by atoms with Crippen molar-refractivity contribution < 1.29 is 9.90 Å². The van der Waals surface area contributed by atoms with E-state index in [1.54, 1.807) is 24.3 Å². The second kappa shape index (κ2) is 4.94. The smallest absolute Gasteiger partial charge is 0.337 e. The van der Waals surface area contributed by atoms with Crippen molar-refractivity contribution in [3.8, 4) is 11.3 Å². The first-order valence-corrected chi connectivity index (χ1v) is 6.42. The molecule has 0 bridgehead atoms. The number of pyridine rings is 1. The predicted octanol–water partition coefficient (Wildman–Crippen LogP) is 4.25. The first-order valence-electron chi connectivity index (χ1n) is 6.05. The number of carbonyl (C=O) groups is 1. The molecule has 0 aliphatic rings. The average Bonchev–Trinajstić information content (AvgIpc) is 2.46. The number of hydrogen-bond acceptors (Lipinski definition) is 2. The van der Waals surface area contributed by atoms with Crippen molar-refractivity contribution in [1.29, 1.82) is 0 Å². The van der Waals surface area contributed by atoms with Crippen LogP contribution in [0.5, 0.6) is 0 Å². The summed E-state index contributed by atoms with van der Waals surface area (Å²) in [6.45, 7) is 0. The molecule has 3 nitrogen and oxygen atoms in total. The summed E-state index contributed by atoms with van der Waals surface area (Å²) in [6, 6.07) is 16.1. The number of carboxylic acid groups (broad SMARTS) is 1. The quantitative estimate of drug-likeness (QED) is 0.765. The van der Waals surface area contributed by atoms with Crippen molar-refractivity contribution in [2.24, 2.45) is 0 Å². The third kappa shape index (κ3) is 2.12. The topological polar surface area (TPSA) is 50.2 Å². The first kappa shape index (κ1) is 12.6. The van der Waals surface area contributed by atoms with Crippen molar-refractivity contribution in [3.05, 3.63) is 65.2 Å². The van der Waals surface area contributed by atoms with E-state index in [1.807, 2.05) is 30.3 Å². The SMILES string of the molecule is O=C(O)c1cc2ccccc2nc1-c1ccccc1Cl. The average molecular weight is 284 g/mol. The molecule has 0 radical (unpaired) electrons. The second-order valence-corrected chi connectivity index (χ2v) is 4.77. The van der Waals surface area contributed by atoms with Crippen LogP contribution in [0, 0.1) is 0 Å². The standard InChI is InChI=1S/C16H10ClNO2/c17-13-7-3-2-6-11(13)15-12(16(19)20)9-10-5-1-4-8-14(10)18-15/h1-9H,(H,19,20). The monoisotopic (exact) mass is 283 g/mol. The lowest BCUT2D eigenvalue weighted by molar-refractivity contribution is 0.0697. The van der Waals surface area contributed by atoms with E-state index >= 15 is 0 Å². The van der Waals surface area contributed by atoms with Gasteiger partial charge in [0.15, 0.2) is 0 Å². The Labute approximate surface area is 120 Å². The number of aromatic nitrogens is 1. The molecule has 1 heterocycles. The van der Waals surface area contributed by atoms with Crippen LogP contribution in [0.2, 0.25) is 5.02 Å². The Balaban J connectivity index is 2.36. The first-order chi connectivity index (χ1) is 9.66. The molecule has 1 aromatic heterocycles. The number of carboxylic acids is 1. The van der Waals surface area contributed by atoms with E-state index in [4.69, 9.17) is 11.6 Å². The van der Waals surface area contributed by atoms with Crippen LogP contribution in [0.1, 0.15) is 10.4 Å². The highest BCUT2D eigenvalue weighted by atomic mass is 35.5. The molecule has 4 heteroatoms. The molecule has 0 fully saturated rings. The Hall–Kier alpha value is -2.39. The molecule has 98 valence electrons. The summed E-state index contributed by atoms with van der Waals surface area (Å²) in [5.41, 5.74) is 1.91. The zero-order valence-electron chi connectivity index (χ0n) is 10.4. The van der Waals surface area contributed by atoms with E-state index in [-0.39, 0.29) is 5.56 Å². The van der Waals surface area contributed by atoms with Gasteiger partial charge in [0.25, 0.3) is 0 Å². The second-order valence-electron chi connectivity index (χ2n) is 4.36. The molecular weight excluding hydrogens is 274 g/mol. The number of benzene rings is 2. The van der Waals surface area contributed by atoms with Crippen molar-refractivity contribution in [3.63, 3.8) is 0 Å². The van der Waals surface area contributed by atoms with Crippen LogP contribution in [-0.2, 0) is 0 Å². The summed E-state index contributed by atoms with van der Waals surface area (Å²) in [5.74, 6) is -1.02. The Kier molecular flexibility index (Phi) is 3.12. The molecule has 2 aromatic carbocycles. The summed E-state index contributed by atoms with van der Waals surface area (Å²) in [7, 11) is 0. The lowest BCUT2D eigenvalue weighted by Crippen LogP contribution is -2.02. The minimum Gasteiger partial charge on any atom is -0.478 e. The molecular formula is C16H10ClNO2. The number of aromatic carboxylic acids is 1. The summed E-state index contributed by atoms with van der Waals surface area (Å²) < 4.78 is 0. The van der Waals surface area contributed by atoms with Gasteiger partial charge in [-0.2, -0.15) is 0 Å². The molecule has 0 amide bonds. The zero-order chi connectivity index (χ0) is 14.1. The van der Waals surface area contributed by atoms with Gasteiger partial charge in [0, 0.05) is 16.0 Å². The molecule has 1 N–H and O–H groups in total. The number of hydrogen-bond donors (Lipinski definition) is 1. The molecule has 3 rings (SSSR count). The highest BCUT2D eigenvalue weighted by Gasteiger charge is 2.16. The van der Waals surface area contributed by atoms with Gasteiger partial charge < -0.3 is 5.11 Å². The van der Waals surface area contributed by atoms with Gasteiger partial charge in [-0.05, 0) is 18.2 Å². The molecule has 0 saturated heterocycles. The van der Waals surface area contributed by atoms with Gasteiger partial charge in [-0.3, -0.25) is 0 Å². The number of fused-ring (bicyclic) bond motifs is 1.